The van der Waals surface area contributed by atoms with E-state index >= 15 is 0 Å². The Morgan fingerprint density at radius 2 is 2.00 bits per heavy atom. The van der Waals surface area contributed by atoms with Crippen LogP contribution in [-0.2, 0) is 25.6 Å². The van der Waals surface area contributed by atoms with Crippen molar-refractivity contribution in [1.29, 1.82) is 0 Å². The summed E-state index contributed by atoms with van der Waals surface area (Å²) in [5.41, 5.74) is -1.08. The zero-order chi connectivity index (χ0) is 19.3. The average molecular weight is 572 g/mol. The molecule has 1 aliphatic rings. The molecule has 0 saturated carbocycles. The molecule has 1 saturated heterocycles. The third-order valence-electron chi connectivity index (χ3n) is 4.70. The van der Waals surface area contributed by atoms with Gasteiger partial charge in [-0.25, -0.2) is 0 Å². The van der Waals surface area contributed by atoms with Gasteiger partial charge in [-0.05, 0) is 56.7 Å². The molecule has 152 valence electrons. The van der Waals surface area contributed by atoms with Crippen LogP contribution >= 0.6 is 31.9 Å². The summed E-state index contributed by atoms with van der Waals surface area (Å²) in [7, 11) is 0. The second-order valence-corrected chi connectivity index (χ2v) is 9.02. The summed E-state index contributed by atoms with van der Waals surface area (Å²) < 4.78 is 14.6. The average Bonchev–Trinajstić information content (AvgIpc) is 2.87. The topological polar surface area (TPSA) is 56.5 Å². The number of ether oxygens (including phenoxy) is 2. The number of hydrogen-bond donors (Lipinski definition) is 0. The highest BCUT2D eigenvalue weighted by Crippen LogP contribution is 2.38. The molecule has 0 amide bonds. The van der Waals surface area contributed by atoms with Gasteiger partial charge in [0.05, 0.1) is 15.6 Å². The van der Waals surface area contributed by atoms with Crippen molar-refractivity contribution in [2.24, 2.45) is 11.3 Å². The number of halogens is 3. The fraction of sp³-hybridized carbons (Fsp3) is 0.632. The van der Waals surface area contributed by atoms with Gasteiger partial charge in [-0.1, -0.05) is 20.8 Å². The lowest BCUT2D eigenvalue weighted by atomic mass is 9.78. The summed E-state index contributed by atoms with van der Waals surface area (Å²) in [5, 5.41) is 0. The first kappa shape index (κ1) is 24.7. The monoisotopic (exact) mass is 569 g/mol. The molecule has 2 atom stereocenters. The lowest BCUT2D eigenvalue weighted by Gasteiger charge is -2.19. The molecule has 27 heavy (non-hydrogen) atoms. The molecule has 2 heterocycles. The summed E-state index contributed by atoms with van der Waals surface area (Å²) in [5.74, 6) is 0.0285. The van der Waals surface area contributed by atoms with Crippen LogP contribution in [0.2, 0.25) is 0 Å². The zero-order valence-electron chi connectivity index (χ0n) is 15.8. The van der Waals surface area contributed by atoms with Gasteiger partial charge in [0.2, 0.25) is 12.3 Å². The van der Waals surface area contributed by atoms with Crippen LogP contribution in [-0.4, -0.2) is 31.1 Å². The molecule has 5 nitrogen and oxygen atoms in total. The van der Waals surface area contributed by atoms with E-state index in [1.807, 2.05) is 25.4 Å². The third kappa shape index (κ3) is 6.61. The third-order valence-corrected chi connectivity index (χ3v) is 5.57. The predicted octanol–water partition coefficient (Wildman–Crippen LogP) is 0.847. The number of ketones is 1. The van der Waals surface area contributed by atoms with Crippen LogP contribution in [0.4, 0.5) is 0 Å². The van der Waals surface area contributed by atoms with E-state index in [0.717, 1.165) is 15.4 Å². The molecule has 0 N–H and O–H groups in total. The van der Waals surface area contributed by atoms with E-state index < -0.39 is 11.4 Å². The first-order valence-electron chi connectivity index (χ1n) is 8.94. The standard InChI is InChI=1S/C19H26Br2NO4.BrH/c1-4-19(17(23)11-22-9-14(20)7-15(21)10-22)8-16(26-18(19)24)12-25-6-5-13(2)3;/h7,9-10,13,16H,4-6,8,11-12H2,1-3H3;1H/q+1;/p-1. The van der Waals surface area contributed by atoms with Crippen molar-refractivity contribution in [3.05, 3.63) is 27.4 Å². The van der Waals surface area contributed by atoms with Crippen molar-refractivity contribution in [1.82, 2.24) is 0 Å². The number of hydrogen-bond acceptors (Lipinski definition) is 4. The SMILES string of the molecule is CCC1(C(=O)C[n+]2cc(Br)cc(Br)c2)CC(COCCC(C)C)OC1=O.[Br-]. The Labute approximate surface area is 188 Å². The molecule has 0 spiro atoms. The molecule has 1 aromatic heterocycles. The molecule has 1 aliphatic heterocycles. The summed E-state index contributed by atoms with van der Waals surface area (Å²) in [6, 6.07) is 1.89. The summed E-state index contributed by atoms with van der Waals surface area (Å²) >= 11 is 6.83. The molecule has 0 radical (unpaired) electrons. The van der Waals surface area contributed by atoms with Crippen LogP contribution in [0.5, 0.6) is 0 Å². The number of carbonyl (C=O) groups excluding carboxylic acids is 2. The Kier molecular flexibility index (Phi) is 10.1. The normalized spacial score (nSPS) is 21.9. The highest BCUT2D eigenvalue weighted by atomic mass is 79.9. The molecule has 0 bridgehead atoms. The number of cyclic esters (lactones) is 1. The van der Waals surface area contributed by atoms with Gasteiger partial charge in [-0.2, -0.15) is 4.57 Å². The van der Waals surface area contributed by atoms with Crippen molar-refractivity contribution < 1.29 is 40.6 Å². The molecule has 0 aromatic carbocycles. The maximum atomic E-state index is 13.0. The highest BCUT2D eigenvalue weighted by Gasteiger charge is 2.54. The number of nitrogens with zero attached hydrogens (tertiary/aromatic N) is 1. The summed E-state index contributed by atoms with van der Waals surface area (Å²) in [4.78, 5) is 25.5. The number of rotatable bonds is 9. The van der Waals surface area contributed by atoms with Crippen molar-refractivity contribution in [2.45, 2.75) is 52.7 Å². The van der Waals surface area contributed by atoms with Gasteiger partial charge in [0.1, 0.15) is 11.5 Å². The molecular weight excluding hydrogens is 546 g/mol. The Balaban J connectivity index is 0.00000364. The van der Waals surface area contributed by atoms with Crippen LogP contribution < -0.4 is 21.5 Å². The molecule has 1 fully saturated rings. The molecule has 0 aliphatic carbocycles. The van der Waals surface area contributed by atoms with Crippen molar-refractivity contribution in [2.75, 3.05) is 13.2 Å². The first-order chi connectivity index (χ1) is 12.3. The van der Waals surface area contributed by atoms with Crippen molar-refractivity contribution >= 4 is 43.6 Å². The van der Waals surface area contributed by atoms with Crippen molar-refractivity contribution in [3.8, 4) is 0 Å². The Hall–Kier alpha value is -0.310. The maximum Gasteiger partial charge on any atom is 0.320 e. The van der Waals surface area contributed by atoms with E-state index in [-0.39, 0.29) is 35.4 Å². The van der Waals surface area contributed by atoms with Crippen molar-refractivity contribution in [3.63, 3.8) is 0 Å². The Morgan fingerprint density at radius 1 is 1.37 bits per heavy atom. The van der Waals surface area contributed by atoms with E-state index in [1.165, 1.54) is 0 Å². The minimum absolute atomic E-state index is 0. The number of esters is 1. The molecule has 2 rings (SSSR count). The predicted molar refractivity (Wildman–Crippen MR) is 105 cm³/mol. The van der Waals surface area contributed by atoms with Crippen LogP contribution in [0, 0.1) is 11.3 Å². The second-order valence-electron chi connectivity index (χ2n) is 7.19. The lowest BCUT2D eigenvalue weighted by Crippen LogP contribution is -3.00. The van der Waals surface area contributed by atoms with E-state index in [4.69, 9.17) is 9.47 Å². The van der Waals surface area contributed by atoms with E-state index in [2.05, 4.69) is 45.7 Å². The van der Waals surface area contributed by atoms with E-state index in [0.29, 0.717) is 32.0 Å². The lowest BCUT2D eigenvalue weighted by molar-refractivity contribution is -0.685. The smallest absolute Gasteiger partial charge is 0.320 e. The number of aromatic nitrogens is 1. The van der Waals surface area contributed by atoms with Gasteiger partial charge >= 0.3 is 5.97 Å². The van der Waals surface area contributed by atoms with Gasteiger partial charge in [0.25, 0.3) is 0 Å². The maximum absolute atomic E-state index is 13.0. The summed E-state index contributed by atoms with van der Waals surface area (Å²) in [6.45, 7) is 7.25. The largest absolute Gasteiger partial charge is 1.00 e. The molecule has 8 heteroatoms. The Morgan fingerprint density at radius 3 is 2.56 bits per heavy atom. The van der Waals surface area contributed by atoms with Gasteiger partial charge in [-0.3, -0.25) is 9.59 Å². The molecular formula is C19H26Br3NO4. The molecule has 1 aromatic rings. The van der Waals surface area contributed by atoms with E-state index in [9.17, 15) is 9.59 Å². The minimum Gasteiger partial charge on any atom is -1.00 e. The van der Waals surface area contributed by atoms with Crippen LogP contribution in [0.1, 0.15) is 40.0 Å². The zero-order valence-corrected chi connectivity index (χ0v) is 20.6. The van der Waals surface area contributed by atoms with Crippen LogP contribution in [0.3, 0.4) is 0 Å². The van der Waals surface area contributed by atoms with Gasteiger partial charge in [0.15, 0.2) is 12.4 Å². The molecule has 2 unspecified atom stereocenters. The fourth-order valence-electron chi connectivity index (χ4n) is 3.09. The Bertz CT molecular complexity index is 648. The van der Waals surface area contributed by atoms with Gasteiger partial charge in [-0.15, -0.1) is 0 Å². The van der Waals surface area contributed by atoms with Crippen LogP contribution in [0.25, 0.3) is 0 Å². The van der Waals surface area contributed by atoms with Gasteiger partial charge < -0.3 is 26.5 Å². The van der Waals surface area contributed by atoms with Crippen LogP contribution in [0.15, 0.2) is 27.4 Å². The number of pyridine rings is 1. The first-order valence-corrected chi connectivity index (χ1v) is 10.5. The second kappa shape index (κ2) is 11.0. The summed E-state index contributed by atoms with van der Waals surface area (Å²) in [6.07, 6.45) is 5.07. The minimum atomic E-state index is -1.08. The van der Waals surface area contributed by atoms with E-state index in [1.54, 1.807) is 4.57 Å². The number of Topliss-reactive ketones (excluding diaryl/α,β-unsaturated/α-hetero) is 1. The quantitative estimate of drug-likeness (QED) is 0.191. The highest BCUT2D eigenvalue weighted by molar-refractivity contribution is 9.11. The fourth-order valence-corrected chi connectivity index (χ4v) is 4.41. The van der Waals surface area contributed by atoms with Gasteiger partial charge in [0, 0.05) is 13.0 Å². The number of carbonyl (C=O) groups is 2.